The van der Waals surface area contributed by atoms with Crippen LogP contribution in [0.1, 0.15) is 18.5 Å². The number of rotatable bonds is 6. The number of para-hydroxylation sites is 1. The fourth-order valence-corrected chi connectivity index (χ4v) is 5.57. The zero-order chi connectivity index (χ0) is 26.0. The molecule has 0 saturated carbocycles. The molecule has 1 fully saturated rings. The van der Waals surface area contributed by atoms with E-state index < -0.39 is 16.1 Å². The molecule has 37 heavy (non-hydrogen) atoms. The van der Waals surface area contributed by atoms with Crippen LogP contribution in [-0.4, -0.2) is 59.9 Å². The SMILES string of the molecule is CC(C(=O)N1CCN(c2ccc(S(=O)(=O)Nc3ccncn3)cc2)CC1)n1cc(C#N)c2ccccc21. The molecule has 1 aliphatic heterocycles. The first kappa shape index (κ1) is 24.3. The maximum absolute atomic E-state index is 13.3. The Morgan fingerprint density at radius 1 is 1.05 bits per heavy atom. The number of piperazine rings is 1. The minimum atomic E-state index is -3.77. The summed E-state index contributed by atoms with van der Waals surface area (Å²) in [7, 11) is -3.77. The number of anilines is 2. The van der Waals surface area contributed by atoms with Gasteiger partial charge in [0.15, 0.2) is 0 Å². The first-order valence-electron chi connectivity index (χ1n) is 11.8. The average molecular weight is 516 g/mol. The molecule has 1 amide bonds. The van der Waals surface area contributed by atoms with Crippen LogP contribution in [0.2, 0.25) is 0 Å². The molecule has 0 spiro atoms. The van der Waals surface area contributed by atoms with Gasteiger partial charge < -0.3 is 14.4 Å². The van der Waals surface area contributed by atoms with E-state index in [1.165, 1.54) is 18.6 Å². The third kappa shape index (κ3) is 4.83. The third-order valence-electron chi connectivity index (χ3n) is 6.56. The molecule has 2 aromatic carbocycles. The molecule has 4 aromatic rings. The number of carbonyl (C=O) groups is 1. The van der Waals surface area contributed by atoms with E-state index in [2.05, 4.69) is 25.7 Å². The van der Waals surface area contributed by atoms with E-state index >= 15 is 0 Å². The smallest absolute Gasteiger partial charge is 0.263 e. The summed E-state index contributed by atoms with van der Waals surface area (Å²) in [5.74, 6) is 0.202. The van der Waals surface area contributed by atoms with Crippen molar-refractivity contribution < 1.29 is 13.2 Å². The Morgan fingerprint density at radius 2 is 1.78 bits per heavy atom. The quantitative estimate of drug-likeness (QED) is 0.419. The summed E-state index contributed by atoms with van der Waals surface area (Å²) in [4.78, 5) is 25.1. The molecule has 1 aliphatic rings. The van der Waals surface area contributed by atoms with Gasteiger partial charge in [0.05, 0.1) is 16.0 Å². The molecule has 2 aromatic heterocycles. The molecule has 10 nitrogen and oxygen atoms in total. The van der Waals surface area contributed by atoms with Gasteiger partial charge in [0.1, 0.15) is 24.3 Å². The number of hydrogen-bond acceptors (Lipinski definition) is 7. The summed E-state index contributed by atoms with van der Waals surface area (Å²) in [6, 6.07) is 17.5. The zero-order valence-corrected chi connectivity index (χ0v) is 21.0. The standard InChI is InChI=1S/C26H25N7O3S/c1-19(33-17-20(16-27)23-4-2-3-5-24(23)33)26(34)32-14-12-31(13-15-32)21-6-8-22(9-7-21)37(35,36)30-25-10-11-28-18-29-25/h2-11,17-19H,12-15H2,1H3,(H,28,29,30). The minimum absolute atomic E-state index is 0.00197. The van der Waals surface area contributed by atoms with E-state index in [-0.39, 0.29) is 16.6 Å². The number of carbonyl (C=O) groups excluding carboxylic acids is 1. The van der Waals surface area contributed by atoms with Crippen LogP contribution >= 0.6 is 0 Å². The van der Waals surface area contributed by atoms with Crippen LogP contribution in [0, 0.1) is 11.3 Å². The average Bonchev–Trinajstić information content (AvgIpc) is 3.31. The highest BCUT2D eigenvalue weighted by Crippen LogP contribution is 2.26. The lowest BCUT2D eigenvalue weighted by atomic mass is 10.2. The van der Waals surface area contributed by atoms with Crippen LogP contribution in [0.15, 0.2) is 78.2 Å². The number of hydrogen-bond donors (Lipinski definition) is 1. The molecule has 188 valence electrons. The second-order valence-corrected chi connectivity index (χ2v) is 10.4. The molecule has 1 saturated heterocycles. The van der Waals surface area contributed by atoms with E-state index in [1.54, 1.807) is 30.5 Å². The van der Waals surface area contributed by atoms with Gasteiger partial charge >= 0.3 is 0 Å². The number of fused-ring (bicyclic) bond motifs is 1. The Morgan fingerprint density at radius 3 is 2.46 bits per heavy atom. The van der Waals surface area contributed by atoms with Crippen molar-refractivity contribution in [1.82, 2.24) is 19.4 Å². The van der Waals surface area contributed by atoms with E-state index in [4.69, 9.17) is 0 Å². The molecule has 0 aliphatic carbocycles. The maximum Gasteiger partial charge on any atom is 0.263 e. The fourth-order valence-electron chi connectivity index (χ4n) is 4.57. The summed E-state index contributed by atoms with van der Waals surface area (Å²) in [6.07, 6.45) is 4.48. The van der Waals surface area contributed by atoms with Crippen molar-refractivity contribution in [1.29, 1.82) is 5.26 Å². The minimum Gasteiger partial charge on any atom is -0.368 e. The first-order valence-corrected chi connectivity index (χ1v) is 13.3. The second-order valence-electron chi connectivity index (χ2n) is 8.76. The molecule has 3 heterocycles. The van der Waals surface area contributed by atoms with Gasteiger partial charge in [-0.25, -0.2) is 18.4 Å². The number of sulfonamides is 1. The number of aromatic nitrogens is 3. The molecular weight excluding hydrogens is 490 g/mol. The Bertz CT molecular complexity index is 1570. The van der Waals surface area contributed by atoms with Gasteiger partial charge in [0.2, 0.25) is 5.91 Å². The molecule has 1 N–H and O–H groups in total. The summed E-state index contributed by atoms with van der Waals surface area (Å²) in [6.45, 7) is 4.20. The first-order chi connectivity index (χ1) is 17.9. The van der Waals surface area contributed by atoms with Crippen LogP contribution in [0.3, 0.4) is 0 Å². The van der Waals surface area contributed by atoms with Gasteiger partial charge in [0.25, 0.3) is 10.0 Å². The molecule has 0 bridgehead atoms. The number of nitrogens with one attached hydrogen (secondary N) is 1. The molecular formula is C26H25N7O3S. The lowest BCUT2D eigenvalue weighted by Crippen LogP contribution is -2.50. The Balaban J connectivity index is 1.23. The van der Waals surface area contributed by atoms with E-state index in [1.807, 2.05) is 40.7 Å². The number of nitrogens with zero attached hydrogens (tertiary/aromatic N) is 6. The highest BCUT2D eigenvalue weighted by molar-refractivity contribution is 7.92. The summed E-state index contributed by atoms with van der Waals surface area (Å²) < 4.78 is 29.6. The van der Waals surface area contributed by atoms with Gasteiger partial charge in [0, 0.05) is 49.6 Å². The molecule has 1 atom stereocenters. The van der Waals surface area contributed by atoms with Gasteiger partial charge in [-0.15, -0.1) is 0 Å². The van der Waals surface area contributed by atoms with Crippen LogP contribution < -0.4 is 9.62 Å². The van der Waals surface area contributed by atoms with Gasteiger partial charge in [-0.05, 0) is 43.3 Å². The van der Waals surface area contributed by atoms with Gasteiger partial charge in [-0.2, -0.15) is 5.26 Å². The van der Waals surface area contributed by atoms with Crippen LogP contribution in [0.25, 0.3) is 10.9 Å². The van der Waals surface area contributed by atoms with Crippen molar-refractivity contribution in [2.24, 2.45) is 0 Å². The zero-order valence-electron chi connectivity index (χ0n) is 20.2. The molecule has 5 rings (SSSR count). The lowest BCUT2D eigenvalue weighted by Gasteiger charge is -2.37. The molecule has 1 unspecified atom stereocenters. The van der Waals surface area contributed by atoms with Gasteiger partial charge in [-0.3, -0.25) is 9.52 Å². The van der Waals surface area contributed by atoms with Gasteiger partial charge in [-0.1, -0.05) is 18.2 Å². The maximum atomic E-state index is 13.3. The predicted molar refractivity (Wildman–Crippen MR) is 139 cm³/mol. The normalized spacial score (nSPS) is 14.8. The largest absolute Gasteiger partial charge is 0.368 e. The predicted octanol–water partition coefficient (Wildman–Crippen LogP) is 3.01. The Labute approximate surface area is 214 Å². The van der Waals surface area contributed by atoms with Crippen LogP contribution in [0.5, 0.6) is 0 Å². The third-order valence-corrected chi connectivity index (χ3v) is 7.93. The molecule has 11 heteroatoms. The number of nitriles is 1. The Kier molecular flexibility index (Phi) is 6.50. The van der Waals surface area contributed by atoms with Crippen molar-refractivity contribution in [3.63, 3.8) is 0 Å². The van der Waals surface area contributed by atoms with E-state index in [0.29, 0.717) is 31.7 Å². The Hall–Kier alpha value is -4.43. The fraction of sp³-hybridized carbons (Fsp3) is 0.231. The van der Waals surface area contributed by atoms with Crippen molar-refractivity contribution in [3.05, 3.63) is 78.9 Å². The summed E-state index contributed by atoms with van der Waals surface area (Å²) in [5, 5.41) is 10.3. The number of benzene rings is 2. The van der Waals surface area contributed by atoms with E-state index in [0.717, 1.165) is 16.6 Å². The number of amides is 1. The van der Waals surface area contributed by atoms with Crippen molar-refractivity contribution >= 4 is 38.3 Å². The van der Waals surface area contributed by atoms with Crippen molar-refractivity contribution in [2.45, 2.75) is 17.9 Å². The second kappa shape index (κ2) is 9.91. The monoisotopic (exact) mass is 515 g/mol. The van der Waals surface area contributed by atoms with Crippen molar-refractivity contribution in [3.8, 4) is 6.07 Å². The van der Waals surface area contributed by atoms with Crippen molar-refractivity contribution in [2.75, 3.05) is 35.8 Å². The van der Waals surface area contributed by atoms with Crippen LogP contribution in [-0.2, 0) is 14.8 Å². The highest BCUT2D eigenvalue weighted by Gasteiger charge is 2.27. The topological polar surface area (TPSA) is 124 Å². The molecule has 0 radical (unpaired) electrons. The summed E-state index contributed by atoms with van der Waals surface area (Å²) >= 11 is 0. The van der Waals surface area contributed by atoms with E-state index in [9.17, 15) is 18.5 Å². The summed E-state index contributed by atoms with van der Waals surface area (Å²) in [5.41, 5.74) is 2.30. The highest BCUT2D eigenvalue weighted by atomic mass is 32.2. The van der Waals surface area contributed by atoms with Crippen LogP contribution in [0.4, 0.5) is 11.5 Å². The lowest BCUT2D eigenvalue weighted by molar-refractivity contribution is -0.134.